The standard InChI is InChI=1S/C16H27N3/c1-18-12-6-9-15(18)13-19(2)16(10-11-17)14-7-4-3-5-8-14/h3-5,7-8,15-16H,6,9-13,17H2,1-2H3. The average molecular weight is 261 g/mol. The lowest BCUT2D eigenvalue weighted by molar-refractivity contribution is 0.171. The Hall–Kier alpha value is -0.900. The number of likely N-dealkylation sites (N-methyl/N-ethyl adjacent to an activating group) is 2. The summed E-state index contributed by atoms with van der Waals surface area (Å²) >= 11 is 0. The first-order valence-electron chi connectivity index (χ1n) is 7.38. The molecule has 1 aromatic carbocycles. The molecular weight excluding hydrogens is 234 g/mol. The zero-order chi connectivity index (χ0) is 13.7. The number of likely N-dealkylation sites (tertiary alicyclic amines) is 1. The second-order valence-electron chi connectivity index (χ2n) is 5.72. The van der Waals surface area contributed by atoms with Gasteiger partial charge in [0.2, 0.25) is 0 Å². The summed E-state index contributed by atoms with van der Waals surface area (Å²) in [6, 6.07) is 11.9. The summed E-state index contributed by atoms with van der Waals surface area (Å²) in [4.78, 5) is 4.97. The quantitative estimate of drug-likeness (QED) is 0.851. The van der Waals surface area contributed by atoms with E-state index in [2.05, 4.69) is 54.2 Å². The molecule has 2 unspecified atom stereocenters. The van der Waals surface area contributed by atoms with E-state index in [1.54, 1.807) is 0 Å². The highest BCUT2D eigenvalue weighted by Gasteiger charge is 2.25. The lowest BCUT2D eigenvalue weighted by Crippen LogP contribution is -2.38. The van der Waals surface area contributed by atoms with Crippen LogP contribution < -0.4 is 5.73 Å². The van der Waals surface area contributed by atoms with Crippen molar-refractivity contribution in [3.8, 4) is 0 Å². The van der Waals surface area contributed by atoms with Gasteiger partial charge in [0.15, 0.2) is 0 Å². The van der Waals surface area contributed by atoms with Gasteiger partial charge in [0.25, 0.3) is 0 Å². The maximum absolute atomic E-state index is 5.80. The minimum Gasteiger partial charge on any atom is -0.330 e. The molecule has 3 heteroatoms. The van der Waals surface area contributed by atoms with Crippen LogP contribution in [-0.4, -0.2) is 49.6 Å². The summed E-state index contributed by atoms with van der Waals surface area (Å²) in [5.41, 5.74) is 7.19. The summed E-state index contributed by atoms with van der Waals surface area (Å²) in [5.74, 6) is 0. The maximum atomic E-state index is 5.80. The third-order valence-corrected chi connectivity index (χ3v) is 4.33. The Bertz CT molecular complexity index is 366. The van der Waals surface area contributed by atoms with Gasteiger partial charge in [-0.05, 0) is 52.0 Å². The van der Waals surface area contributed by atoms with Crippen molar-refractivity contribution in [1.82, 2.24) is 9.80 Å². The first-order valence-corrected chi connectivity index (χ1v) is 7.38. The van der Waals surface area contributed by atoms with Crippen molar-refractivity contribution in [3.63, 3.8) is 0 Å². The van der Waals surface area contributed by atoms with Crippen LogP contribution in [0.1, 0.15) is 30.9 Å². The van der Waals surface area contributed by atoms with Crippen molar-refractivity contribution in [1.29, 1.82) is 0 Å². The lowest BCUT2D eigenvalue weighted by atomic mass is 10.0. The Labute approximate surface area is 117 Å². The first kappa shape index (κ1) is 14.5. The molecule has 0 spiro atoms. The SMILES string of the molecule is CN1CCCC1CN(C)C(CCN)c1ccccc1. The topological polar surface area (TPSA) is 32.5 Å². The Balaban J connectivity index is 2.02. The van der Waals surface area contributed by atoms with Gasteiger partial charge in [-0.1, -0.05) is 30.3 Å². The number of nitrogens with two attached hydrogens (primary N) is 1. The van der Waals surface area contributed by atoms with Gasteiger partial charge in [0.05, 0.1) is 0 Å². The van der Waals surface area contributed by atoms with Crippen LogP contribution in [-0.2, 0) is 0 Å². The van der Waals surface area contributed by atoms with E-state index in [1.807, 2.05) is 0 Å². The fourth-order valence-electron chi connectivity index (χ4n) is 3.14. The number of hydrogen-bond acceptors (Lipinski definition) is 3. The molecule has 1 fully saturated rings. The zero-order valence-corrected chi connectivity index (χ0v) is 12.3. The third-order valence-electron chi connectivity index (χ3n) is 4.33. The molecule has 1 saturated heterocycles. The van der Waals surface area contributed by atoms with Crippen molar-refractivity contribution in [3.05, 3.63) is 35.9 Å². The van der Waals surface area contributed by atoms with Gasteiger partial charge in [-0.2, -0.15) is 0 Å². The molecule has 3 nitrogen and oxygen atoms in total. The molecule has 0 amide bonds. The van der Waals surface area contributed by atoms with E-state index in [0.29, 0.717) is 12.1 Å². The molecule has 1 aromatic rings. The molecule has 0 aromatic heterocycles. The minimum atomic E-state index is 0.445. The molecule has 2 atom stereocenters. The molecule has 0 saturated carbocycles. The van der Waals surface area contributed by atoms with Gasteiger partial charge in [-0.15, -0.1) is 0 Å². The fourth-order valence-corrected chi connectivity index (χ4v) is 3.14. The number of nitrogens with zero attached hydrogens (tertiary/aromatic N) is 2. The van der Waals surface area contributed by atoms with E-state index >= 15 is 0 Å². The predicted molar refractivity (Wildman–Crippen MR) is 81.1 cm³/mol. The second-order valence-corrected chi connectivity index (χ2v) is 5.72. The number of hydrogen-bond donors (Lipinski definition) is 1. The average Bonchev–Trinajstić information content (AvgIpc) is 2.82. The molecule has 1 aliphatic rings. The van der Waals surface area contributed by atoms with Crippen LogP contribution in [0.2, 0.25) is 0 Å². The molecular formula is C16H27N3. The predicted octanol–water partition coefficient (Wildman–Crippen LogP) is 2.10. The lowest BCUT2D eigenvalue weighted by Gasteiger charge is -2.32. The van der Waals surface area contributed by atoms with Crippen molar-refractivity contribution in [2.45, 2.75) is 31.3 Å². The third kappa shape index (κ3) is 3.78. The summed E-state index contributed by atoms with van der Waals surface area (Å²) < 4.78 is 0. The Morgan fingerprint density at radius 3 is 2.68 bits per heavy atom. The summed E-state index contributed by atoms with van der Waals surface area (Å²) in [6.45, 7) is 3.12. The van der Waals surface area contributed by atoms with E-state index in [1.165, 1.54) is 24.9 Å². The molecule has 1 heterocycles. The number of rotatable bonds is 6. The van der Waals surface area contributed by atoms with Crippen LogP contribution in [0.3, 0.4) is 0 Å². The smallest absolute Gasteiger partial charge is 0.0357 e. The van der Waals surface area contributed by atoms with E-state index in [4.69, 9.17) is 5.73 Å². The summed E-state index contributed by atoms with van der Waals surface area (Å²) in [7, 11) is 4.48. The Morgan fingerprint density at radius 1 is 1.37 bits per heavy atom. The van der Waals surface area contributed by atoms with Crippen molar-refractivity contribution >= 4 is 0 Å². The van der Waals surface area contributed by atoms with E-state index in [9.17, 15) is 0 Å². The van der Waals surface area contributed by atoms with Crippen LogP contribution in [0, 0.1) is 0 Å². The Kier molecular flexibility index (Phi) is 5.37. The molecule has 19 heavy (non-hydrogen) atoms. The van der Waals surface area contributed by atoms with Gasteiger partial charge in [0, 0.05) is 18.6 Å². The maximum Gasteiger partial charge on any atom is 0.0357 e. The highest BCUT2D eigenvalue weighted by Crippen LogP contribution is 2.25. The minimum absolute atomic E-state index is 0.445. The molecule has 106 valence electrons. The molecule has 0 radical (unpaired) electrons. The van der Waals surface area contributed by atoms with Gasteiger partial charge in [-0.25, -0.2) is 0 Å². The van der Waals surface area contributed by atoms with Gasteiger partial charge < -0.3 is 10.6 Å². The van der Waals surface area contributed by atoms with Crippen molar-refractivity contribution < 1.29 is 0 Å². The van der Waals surface area contributed by atoms with Gasteiger partial charge >= 0.3 is 0 Å². The summed E-state index contributed by atoms with van der Waals surface area (Å²) in [6.07, 6.45) is 3.68. The second kappa shape index (κ2) is 7.04. The van der Waals surface area contributed by atoms with Crippen LogP contribution in [0.25, 0.3) is 0 Å². The zero-order valence-electron chi connectivity index (χ0n) is 12.3. The van der Waals surface area contributed by atoms with Crippen LogP contribution in [0.5, 0.6) is 0 Å². The van der Waals surface area contributed by atoms with Crippen LogP contribution >= 0.6 is 0 Å². The summed E-state index contributed by atoms with van der Waals surface area (Å²) in [5, 5.41) is 0. The molecule has 2 N–H and O–H groups in total. The van der Waals surface area contributed by atoms with E-state index in [0.717, 1.165) is 19.5 Å². The van der Waals surface area contributed by atoms with Crippen molar-refractivity contribution in [2.75, 3.05) is 33.7 Å². The van der Waals surface area contributed by atoms with Gasteiger partial charge in [-0.3, -0.25) is 4.90 Å². The monoisotopic (exact) mass is 261 g/mol. The van der Waals surface area contributed by atoms with Crippen molar-refractivity contribution in [2.24, 2.45) is 5.73 Å². The highest BCUT2D eigenvalue weighted by molar-refractivity contribution is 5.19. The first-order chi connectivity index (χ1) is 9.22. The number of benzene rings is 1. The van der Waals surface area contributed by atoms with E-state index < -0.39 is 0 Å². The van der Waals surface area contributed by atoms with Crippen LogP contribution in [0.15, 0.2) is 30.3 Å². The normalized spacial score (nSPS) is 22.0. The molecule has 0 bridgehead atoms. The molecule has 0 aliphatic carbocycles. The fraction of sp³-hybridized carbons (Fsp3) is 0.625. The van der Waals surface area contributed by atoms with E-state index in [-0.39, 0.29) is 0 Å². The largest absolute Gasteiger partial charge is 0.330 e. The molecule has 2 rings (SSSR count). The highest BCUT2D eigenvalue weighted by atomic mass is 15.2. The Morgan fingerprint density at radius 2 is 2.11 bits per heavy atom. The van der Waals surface area contributed by atoms with Crippen LogP contribution in [0.4, 0.5) is 0 Å². The van der Waals surface area contributed by atoms with Gasteiger partial charge in [0.1, 0.15) is 0 Å². The molecule has 1 aliphatic heterocycles.